The van der Waals surface area contributed by atoms with Crippen molar-refractivity contribution in [2.45, 2.75) is 12.5 Å². The number of nitrogen functional groups attached to an aromatic ring is 1. The second-order valence-electron chi connectivity index (χ2n) is 5.99. The van der Waals surface area contributed by atoms with E-state index in [1.54, 1.807) is 6.20 Å². The van der Waals surface area contributed by atoms with Crippen LogP contribution in [0.2, 0.25) is 0 Å². The van der Waals surface area contributed by atoms with E-state index in [0.29, 0.717) is 18.5 Å². The van der Waals surface area contributed by atoms with Crippen molar-refractivity contribution < 1.29 is 22.7 Å². The van der Waals surface area contributed by atoms with Gasteiger partial charge in [-0.1, -0.05) is 0 Å². The van der Waals surface area contributed by atoms with Gasteiger partial charge in [0.05, 0.1) is 11.2 Å². The van der Waals surface area contributed by atoms with E-state index in [-0.39, 0.29) is 11.2 Å². The standard InChI is InChI=1S/C15H18F3N5O2/c1-21-2-4-22(5-3-21)14(9-24)23-8-10-6-11(19)13(7-12(10)20-23)25-15(16,17)18/h6-9,14H,2-5,19H2,1H3. The van der Waals surface area contributed by atoms with Crippen molar-refractivity contribution >= 4 is 22.9 Å². The number of halogens is 3. The Kier molecular flexibility index (Phi) is 4.56. The van der Waals surface area contributed by atoms with Gasteiger partial charge in [-0.05, 0) is 13.1 Å². The van der Waals surface area contributed by atoms with Crippen LogP contribution < -0.4 is 10.5 Å². The molecule has 0 amide bonds. The first-order valence-corrected chi connectivity index (χ1v) is 7.69. The number of aldehydes is 1. The Balaban J connectivity index is 1.90. The first-order valence-electron chi connectivity index (χ1n) is 7.69. The van der Waals surface area contributed by atoms with E-state index in [4.69, 9.17) is 5.73 Å². The molecular weight excluding hydrogens is 339 g/mol. The molecule has 2 N–H and O–H groups in total. The molecule has 0 spiro atoms. The molecule has 1 fully saturated rings. The van der Waals surface area contributed by atoms with Crippen LogP contribution in [-0.4, -0.2) is 65.5 Å². The molecule has 1 aliphatic rings. The predicted octanol–water partition coefficient (Wildman–Crippen LogP) is 1.46. The number of nitrogens with two attached hydrogens (primary N) is 1. The molecule has 2 heterocycles. The van der Waals surface area contributed by atoms with Crippen molar-refractivity contribution in [2.75, 3.05) is 39.0 Å². The van der Waals surface area contributed by atoms with Crippen molar-refractivity contribution in [3.8, 4) is 5.75 Å². The van der Waals surface area contributed by atoms with Gasteiger partial charge in [0.2, 0.25) is 0 Å². The van der Waals surface area contributed by atoms with Crippen LogP contribution in [0.25, 0.3) is 10.9 Å². The highest BCUT2D eigenvalue weighted by molar-refractivity contribution is 5.85. The Hall–Kier alpha value is -2.33. The number of piperazine rings is 1. The topological polar surface area (TPSA) is 76.6 Å². The fourth-order valence-electron chi connectivity index (χ4n) is 2.84. The summed E-state index contributed by atoms with van der Waals surface area (Å²) in [6.07, 6.45) is -3.08. The second-order valence-corrected chi connectivity index (χ2v) is 5.99. The summed E-state index contributed by atoms with van der Waals surface area (Å²) in [7, 11) is 2.00. The monoisotopic (exact) mass is 357 g/mol. The number of benzene rings is 1. The number of anilines is 1. The number of hydrogen-bond donors (Lipinski definition) is 1. The molecule has 10 heteroatoms. The van der Waals surface area contributed by atoms with E-state index in [0.717, 1.165) is 25.4 Å². The third-order valence-corrected chi connectivity index (χ3v) is 4.18. The van der Waals surface area contributed by atoms with E-state index < -0.39 is 18.3 Å². The largest absolute Gasteiger partial charge is 0.573 e. The van der Waals surface area contributed by atoms with E-state index in [1.165, 1.54) is 10.7 Å². The lowest BCUT2D eigenvalue weighted by Gasteiger charge is -2.35. The van der Waals surface area contributed by atoms with Gasteiger partial charge in [0, 0.05) is 43.8 Å². The molecule has 1 saturated heterocycles. The zero-order valence-electron chi connectivity index (χ0n) is 13.5. The molecule has 0 radical (unpaired) electrons. The molecule has 0 aliphatic carbocycles. The van der Waals surface area contributed by atoms with Crippen molar-refractivity contribution in [3.63, 3.8) is 0 Å². The smallest absolute Gasteiger partial charge is 0.403 e. The van der Waals surface area contributed by atoms with Crippen LogP contribution in [0.15, 0.2) is 18.3 Å². The number of alkyl halides is 3. The van der Waals surface area contributed by atoms with E-state index >= 15 is 0 Å². The predicted molar refractivity (Wildman–Crippen MR) is 85.0 cm³/mol. The van der Waals surface area contributed by atoms with Crippen molar-refractivity contribution in [1.29, 1.82) is 0 Å². The fourth-order valence-corrected chi connectivity index (χ4v) is 2.84. The summed E-state index contributed by atoms with van der Waals surface area (Å²) in [6.45, 7) is 3.03. The summed E-state index contributed by atoms with van der Waals surface area (Å²) in [5.74, 6) is -0.507. The number of carbonyl (C=O) groups is 1. The van der Waals surface area contributed by atoms with Crippen LogP contribution in [0.4, 0.5) is 18.9 Å². The normalized spacial score (nSPS) is 18.4. The quantitative estimate of drug-likeness (QED) is 0.660. The van der Waals surface area contributed by atoms with E-state index in [1.807, 2.05) is 11.9 Å². The Morgan fingerprint density at radius 2 is 1.96 bits per heavy atom. The maximum Gasteiger partial charge on any atom is 0.573 e. The minimum absolute atomic E-state index is 0.147. The molecule has 1 aliphatic heterocycles. The summed E-state index contributed by atoms with van der Waals surface area (Å²) in [4.78, 5) is 15.7. The number of hydrogen-bond acceptors (Lipinski definition) is 6. The highest BCUT2D eigenvalue weighted by atomic mass is 19.4. The zero-order valence-corrected chi connectivity index (χ0v) is 13.5. The van der Waals surface area contributed by atoms with Gasteiger partial charge >= 0.3 is 6.36 Å². The van der Waals surface area contributed by atoms with Gasteiger partial charge in [-0.3, -0.25) is 9.69 Å². The molecule has 1 atom stereocenters. The van der Waals surface area contributed by atoms with Crippen LogP contribution in [-0.2, 0) is 4.79 Å². The van der Waals surface area contributed by atoms with Crippen molar-refractivity contribution in [3.05, 3.63) is 18.3 Å². The van der Waals surface area contributed by atoms with Crippen LogP contribution in [0, 0.1) is 0 Å². The molecule has 0 bridgehead atoms. The first kappa shape index (κ1) is 17.5. The number of carbonyl (C=O) groups excluding carboxylic acids is 1. The summed E-state index contributed by atoms with van der Waals surface area (Å²) >= 11 is 0. The average molecular weight is 357 g/mol. The highest BCUT2D eigenvalue weighted by Crippen LogP contribution is 2.32. The number of rotatable bonds is 4. The number of aromatic nitrogens is 2. The van der Waals surface area contributed by atoms with Crippen LogP contribution in [0.3, 0.4) is 0 Å². The molecule has 136 valence electrons. The van der Waals surface area contributed by atoms with Gasteiger partial charge in [-0.15, -0.1) is 13.2 Å². The van der Waals surface area contributed by atoms with E-state index in [9.17, 15) is 18.0 Å². The molecular formula is C15H18F3N5O2. The Labute approximate surface area is 141 Å². The van der Waals surface area contributed by atoms with Crippen LogP contribution in [0.1, 0.15) is 6.17 Å². The van der Waals surface area contributed by atoms with Gasteiger partial charge < -0.3 is 15.4 Å². The average Bonchev–Trinajstić information content (AvgIpc) is 2.91. The second kappa shape index (κ2) is 6.52. The molecule has 1 unspecified atom stereocenters. The summed E-state index contributed by atoms with van der Waals surface area (Å²) < 4.78 is 42.6. The van der Waals surface area contributed by atoms with Gasteiger partial charge in [0.1, 0.15) is 0 Å². The molecule has 1 aromatic carbocycles. The van der Waals surface area contributed by atoms with Gasteiger partial charge in [-0.2, -0.15) is 5.10 Å². The molecule has 0 saturated carbocycles. The summed E-state index contributed by atoms with van der Waals surface area (Å²) in [6, 6.07) is 2.48. The molecule has 2 aromatic rings. The lowest BCUT2D eigenvalue weighted by molar-refractivity contribution is -0.274. The number of nitrogens with zero attached hydrogens (tertiary/aromatic N) is 4. The minimum atomic E-state index is -4.84. The highest BCUT2D eigenvalue weighted by Gasteiger charge is 2.32. The summed E-state index contributed by atoms with van der Waals surface area (Å²) in [5.41, 5.74) is 5.75. The van der Waals surface area contributed by atoms with Crippen molar-refractivity contribution in [2.24, 2.45) is 0 Å². The maximum atomic E-state index is 12.4. The van der Waals surface area contributed by atoms with E-state index in [2.05, 4.69) is 14.7 Å². The first-order chi connectivity index (χ1) is 11.8. The van der Waals surface area contributed by atoms with Gasteiger partial charge in [0.25, 0.3) is 0 Å². The summed E-state index contributed by atoms with van der Waals surface area (Å²) in [5, 5.41) is 4.77. The minimum Gasteiger partial charge on any atom is -0.403 e. The third-order valence-electron chi connectivity index (χ3n) is 4.18. The Bertz CT molecular complexity index is 768. The number of fused-ring (bicyclic) bond motifs is 1. The lowest BCUT2D eigenvalue weighted by Crippen LogP contribution is -2.47. The Morgan fingerprint density at radius 3 is 2.56 bits per heavy atom. The molecule has 25 heavy (non-hydrogen) atoms. The molecule has 7 nitrogen and oxygen atoms in total. The number of likely N-dealkylation sites (N-methyl/N-ethyl adjacent to an activating group) is 1. The fraction of sp³-hybridized carbons (Fsp3) is 0.467. The Morgan fingerprint density at radius 1 is 1.28 bits per heavy atom. The SMILES string of the molecule is CN1CCN(C(C=O)n2cc3cc(N)c(OC(F)(F)F)cc3n2)CC1. The van der Waals surface area contributed by atoms with Crippen LogP contribution in [0.5, 0.6) is 5.75 Å². The van der Waals surface area contributed by atoms with Crippen molar-refractivity contribution in [1.82, 2.24) is 19.6 Å². The molecule has 3 rings (SSSR count). The van der Waals surface area contributed by atoms with Crippen LogP contribution >= 0.6 is 0 Å². The number of ether oxygens (including phenoxy) is 1. The molecule has 1 aromatic heterocycles. The zero-order chi connectivity index (χ0) is 18.2. The van der Waals surface area contributed by atoms with Gasteiger partial charge in [0.15, 0.2) is 18.2 Å². The third kappa shape index (κ3) is 3.85. The van der Waals surface area contributed by atoms with Gasteiger partial charge in [-0.25, -0.2) is 4.68 Å². The maximum absolute atomic E-state index is 12.4. The lowest BCUT2D eigenvalue weighted by atomic mass is 10.2.